The van der Waals surface area contributed by atoms with Crippen molar-refractivity contribution in [2.75, 3.05) is 14.2 Å². The molecule has 34 heavy (non-hydrogen) atoms. The third-order valence-corrected chi connectivity index (χ3v) is 6.58. The van der Waals surface area contributed by atoms with E-state index in [9.17, 15) is 14.7 Å². The predicted molar refractivity (Wildman–Crippen MR) is 130 cm³/mol. The summed E-state index contributed by atoms with van der Waals surface area (Å²) in [5.41, 5.74) is 1.81. The van der Waals surface area contributed by atoms with E-state index in [2.05, 4.69) is 15.9 Å². The molecule has 2 heterocycles. The molecule has 0 saturated heterocycles. The first kappa shape index (κ1) is 22.0. The number of fused-ring (bicyclic) bond motifs is 2. The Morgan fingerprint density at radius 3 is 2.47 bits per heavy atom. The van der Waals surface area contributed by atoms with E-state index in [1.165, 1.54) is 7.11 Å². The van der Waals surface area contributed by atoms with Gasteiger partial charge in [-0.05, 0) is 63.5 Å². The van der Waals surface area contributed by atoms with Crippen LogP contribution < -0.4 is 14.9 Å². The third-order valence-electron chi connectivity index (χ3n) is 5.97. The lowest BCUT2D eigenvalue weighted by Gasteiger charge is -2.26. The minimum absolute atomic E-state index is 0.0189. The number of aromatic hydroxyl groups is 1. The standard InChI is InChI=1S/C26H20BrNO6/c1-32-16-9-7-14(8-10-16)13-28-22(15-11-18(27)24(30)20(12-15)33-2)21-23(29)17-5-3-4-6-19(17)34-25(21)26(28)31/h3-12,22,30H,13H2,1-2H3/t22-/m0/s1. The van der Waals surface area contributed by atoms with Crippen molar-refractivity contribution in [3.8, 4) is 17.2 Å². The highest BCUT2D eigenvalue weighted by Gasteiger charge is 2.43. The number of benzene rings is 3. The molecule has 172 valence electrons. The summed E-state index contributed by atoms with van der Waals surface area (Å²) in [5.74, 6) is 0.488. The van der Waals surface area contributed by atoms with E-state index in [1.807, 2.05) is 24.3 Å². The highest BCUT2D eigenvalue weighted by molar-refractivity contribution is 9.10. The van der Waals surface area contributed by atoms with Gasteiger partial charge in [0.15, 0.2) is 16.9 Å². The zero-order valence-corrected chi connectivity index (χ0v) is 20.0. The highest BCUT2D eigenvalue weighted by atomic mass is 79.9. The number of rotatable bonds is 5. The number of phenols is 1. The van der Waals surface area contributed by atoms with Crippen LogP contribution in [0.3, 0.4) is 0 Å². The smallest absolute Gasteiger partial charge is 0.291 e. The zero-order valence-electron chi connectivity index (χ0n) is 18.4. The van der Waals surface area contributed by atoms with Crippen LogP contribution in [-0.4, -0.2) is 30.1 Å². The van der Waals surface area contributed by atoms with Crippen LogP contribution in [0.15, 0.2) is 74.3 Å². The van der Waals surface area contributed by atoms with Crippen molar-refractivity contribution < 1.29 is 23.8 Å². The maximum atomic E-state index is 13.6. The number of carbonyl (C=O) groups excluding carboxylic acids is 1. The lowest BCUT2D eigenvalue weighted by atomic mass is 9.97. The second-order valence-corrected chi connectivity index (χ2v) is 8.76. The second kappa shape index (κ2) is 8.53. The van der Waals surface area contributed by atoms with E-state index in [4.69, 9.17) is 13.9 Å². The van der Waals surface area contributed by atoms with Gasteiger partial charge in [-0.15, -0.1) is 0 Å². The molecule has 0 spiro atoms. The largest absolute Gasteiger partial charge is 0.503 e. The van der Waals surface area contributed by atoms with E-state index >= 15 is 0 Å². The molecule has 1 aliphatic rings. The van der Waals surface area contributed by atoms with Gasteiger partial charge in [-0.3, -0.25) is 9.59 Å². The average molecular weight is 522 g/mol. The van der Waals surface area contributed by atoms with Gasteiger partial charge < -0.3 is 23.9 Å². The topological polar surface area (TPSA) is 89.2 Å². The second-order valence-electron chi connectivity index (χ2n) is 7.91. The molecule has 7 nitrogen and oxygen atoms in total. The summed E-state index contributed by atoms with van der Waals surface area (Å²) in [6.45, 7) is 0.230. The molecular weight excluding hydrogens is 502 g/mol. The van der Waals surface area contributed by atoms with Gasteiger partial charge in [0.1, 0.15) is 11.3 Å². The van der Waals surface area contributed by atoms with Gasteiger partial charge in [0.25, 0.3) is 5.91 Å². The predicted octanol–water partition coefficient (Wildman–Crippen LogP) is 5.02. The van der Waals surface area contributed by atoms with Gasteiger partial charge in [-0.1, -0.05) is 24.3 Å². The van der Waals surface area contributed by atoms with Gasteiger partial charge in [-0.2, -0.15) is 0 Å². The molecule has 1 N–H and O–H groups in total. The molecule has 0 saturated carbocycles. The van der Waals surface area contributed by atoms with Gasteiger partial charge in [0, 0.05) is 6.54 Å². The first-order valence-corrected chi connectivity index (χ1v) is 11.3. The SMILES string of the molecule is COc1ccc(CN2C(=O)c3oc4ccccc4c(=O)c3[C@@H]2c2cc(Br)c(O)c(OC)c2)cc1. The Balaban J connectivity index is 1.72. The number of amides is 1. The van der Waals surface area contributed by atoms with Crippen LogP contribution >= 0.6 is 15.9 Å². The molecule has 1 amide bonds. The quantitative estimate of drug-likeness (QED) is 0.396. The number of nitrogens with zero attached hydrogens (tertiary/aromatic N) is 1. The van der Waals surface area contributed by atoms with Crippen LogP contribution in [0.1, 0.15) is 33.3 Å². The summed E-state index contributed by atoms with van der Waals surface area (Å²) in [5, 5.41) is 10.7. The molecule has 1 atom stereocenters. The third kappa shape index (κ3) is 3.51. The summed E-state index contributed by atoms with van der Waals surface area (Å²) >= 11 is 3.35. The maximum Gasteiger partial charge on any atom is 0.291 e. The first-order chi connectivity index (χ1) is 16.4. The Bertz CT molecular complexity index is 1480. The Kier molecular flexibility index (Phi) is 5.53. The summed E-state index contributed by atoms with van der Waals surface area (Å²) < 4.78 is 16.9. The molecule has 0 radical (unpaired) electrons. The minimum Gasteiger partial charge on any atom is -0.503 e. The van der Waals surface area contributed by atoms with Crippen molar-refractivity contribution in [1.29, 1.82) is 0 Å². The molecule has 0 fully saturated rings. The van der Waals surface area contributed by atoms with Crippen LogP contribution in [0.2, 0.25) is 0 Å². The Morgan fingerprint density at radius 1 is 1.03 bits per heavy atom. The van der Waals surface area contributed by atoms with Crippen molar-refractivity contribution in [1.82, 2.24) is 4.90 Å². The van der Waals surface area contributed by atoms with E-state index in [0.29, 0.717) is 26.8 Å². The van der Waals surface area contributed by atoms with Crippen LogP contribution in [-0.2, 0) is 6.54 Å². The highest BCUT2D eigenvalue weighted by Crippen LogP contribution is 2.44. The lowest BCUT2D eigenvalue weighted by Crippen LogP contribution is -2.29. The van der Waals surface area contributed by atoms with Crippen molar-refractivity contribution in [2.45, 2.75) is 12.6 Å². The van der Waals surface area contributed by atoms with E-state index < -0.39 is 6.04 Å². The number of hydrogen-bond donors (Lipinski definition) is 1. The molecule has 1 aromatic heterocycles. The number of ether oxygens (including phenoxy) is 2. The monoisotopic (exact) mass is 521 g/mol. The van der Waals surface area contributed by atoms with Gasteiger partial charge in [0.05, 0.1) is 35.7 Å². The lowest BCUT2D eigenvalue weighted by molar-refractivity contribution is 0.0714. The van der Waals surface area contributed by atoms with Gasteiger partial charge in [-0.25, -0.2) is 0 Å². The number of methoxy groups -OCH3 is 2. The number of halogens is 1. The van der Waals surface area contributed by atoms with E-state index in [0.717, 1.165) is 5.56 Å². The van der Waals surface area contributed by atoms with Crippen molar-refractivity contribution in [2.24, 2.45) is 0 Å². The van der Waals surface area contributed by atoms with Gasteiger partial charge in [0.2, 0.25) is 5.76 Å². The minimum atomic E-state index is -0.740. The van der Waals surface area contributed by atoms with Crippen molar-refractivity contribution in [3.05, 3.63) is 97.8 Å². The summed E-state index contributed by atoms with van der Waals surface area (Å²) in [4.78, 5) is 28.8. The van der Waals surface area contributed by atoms with Crippen LogP contribution in [0.5, 0.6) is 17.2 Å². The molecule has 4 aromatic rings. The number of hydrogen-bond acceptors (Lipinski definition) is 6. The average Bonchev–Trinajstić information content (AvgIpc) is 3.13. The molecule has 8 heteroatoms. The van der Waals surface area contributed by atoms with Crippen LogP contribution in [0, 0.1) is 0 Å². The fourth-order valence-electron chi connectivity index (χ4n) is 4.31. The van der Waals surface area contributed by atoms with E-state index in [-0.39, 0.29) is 40.7 Å². The summed E-state index contributed by atoms with van der Waals surface area (Å²) in [6, 6.07) is 16.8. The zero-order chi connectivity index (χ0) is 24.0. The first-order valence-electron chi connectivity index (χ1n) is 10.5. The fraction of sp³-hybridized carbons (Fsp3) is 0.154. The Labute approximate surface area is 203 Å². The Hall–Kier alpha value is -3.78. The fourth-order valence-corrected chi connectivity index (χ4v) is 4.77. The van der Waals surface area contributed by atoms with Gasteiger partial charge >= 0.3 is 0 Å². The number of para-hydroxylation sites is 1. The molecule has 1 aliphatic heterocycles. The molecular formula is C26H20BrNO6. The molecule has 5 rings (SSSR count). The molecule has 3 aromatic carbocycles. The van der Waals surface area contributed by atoms with Crippen LogP contribution in [0.25, 0.3) is 11.0 Å². The summed E-state index contributed by atoms with van der Waals surface area (Å²) in [6.07, 6.45) is 0. The van der Waals surface area contributed by atoms with E-state index in [1.54, 1.807) is 48.4 Å². The molecule has 0 aliphatic carbocycles. The summed E-state index contributed by atoms with van der Waals surface area (Å²) in [7, 11) is 3.03. The molecule has 0 unspecified atom stereocenters. The van der Waals surface area contributed by atoms with Crippen molar-refractivity contribution >= 4 is 32.8 Å². The number of phenolic OH excluding ortho intramolecular Hbond substituents is 1. The maximum absolute atomic E-state index is 13.6. The Morgan fingerprint density at radius 2 is 1.76 bits per heavy atom. The van der Waals surface area contributed by atoms with Crippen LogP contribution in [0.4, 0.5) is 0 Å². The molecule has 0 bridgehead atoms. The number of carbonyl (C=O) groups is 1. The normalized spacial score (nSPS) is 15.0. The van der Waals surface area contributed by atoms with Crippen molar-refractivity contribution in [3.63, 3.8) is 0 Å².